The molecule has 0 aliphatic rings. The smallest absolute Gasteiger partial charge is 0.327 e. The summed E-state index contributed by atoms with van der Waals surface area (Å²) in [5.74, 6) is -1.19. The minimum atomic E-state index is -0.727. The van der Waals surface area contributed by atoms with Crippen LogP contribution in [0.4, 0.5) is 4.39 Å². The van der Waals surface area contributed by atoms with Crippen LogP contribution < -0.4 is 15.9 Å². The Morgan fingerprint density at radius 1 is 1.00 bits per heavy atom. The van der Waals surface area contributed by atoms with Crippen molar-refractivity contribution >= 4 is 16.7 Å². The lowest BCUT2D eigenvalue weighted by atomic mass is 10.2. The van der Waals surface area contributed by atoms with E-state index < -0.39 is 29.4 Å². The van der Waals surface area contributed by atoms with E-state index in [2.05, 4.69) is 5.10 Å². The Kier molecular flexibility index (Phi) is 5.12. The lowest BCUT2D eigenvalue weighted by Gasteiger charge is -2.09. The summed E-state index contributed by atoms with van der Waals surface area (Å²) in [5.41, 5.74) is -0.976. The maximum absolute atomic E-state index is 13.4. The van der Waals surface area contributed by atoms with Gasteiger partial charge in [-0.1, -0.05) is 24.3 Å². The van der Waals surface area contributed by atoms with Crippen molar-refractivity contribution in [1.29, 1.82) is 0 Å². The molecular weight excluding hydrogens is 343 g/mol. The lowest BCUT2D eigenvalue weighted by Crippen LogP contribution is -2.33. The number of halogens is 1. The number of nitrogens with zero attached hydrogens (tertiary/aromatic N) is 1. The number of hydrogen-bond donors (Lipinski definition) is 1. The van der Waals surface area contributed by atoms with Crippen LogP contribution in [-0.2, 0) is 16.1 Å². The Balaban J connectivity index is 1.59. The van der Waals surface area contributed by atoms with Gasteiger partial charge in [-0.2, -0.15) is 0 Å². The fourth-order valence-electron chi connectivity index (χ4n) is 2.40. The number of aromatic nitrogens is 2. The number of nitrogens with one attached hydrogen (secondary N) is 1. The van der Waals surface area contributed by atoms with Crippen LogP contribution in [0.25, 0.3) is 10.8 Å². The van der Waals surface area contributed by atoms with Crippen molar-refractivity contribution in [2.45, 2.75) is 6.54 Å². The fourth-order valence-corrected chi connectivity index (χ4v) is 2.40. The van der Waals surface area contributed by atoms with Gasteiger partial charge in [-0.05, 0) is 24.3 Å². The molecule has 0 aliphatic heterocycles. The van der Waals surface area contributed by atoms with Gasteiger partial charge < -0.3 is 9.47 Å². The van der Waals surface area contributed by atoms with Crippen LogP contribution in [0.3, 0.4) is 0 Å². The van der Waals surface area contributed by atoms with E-state index >= 15 is 0 Å². The van der Waals surface area contributed by atoms with E-state index in [1.807, 2.05) is 0 Å². The molecule has 0 fully saturated rings. The summed E-state index contributed by atoms with van der Waals surface area (Å²) in [7, 11) is 0. The molecule has 0 bridgehead atoms. The molecule has 3 aromatic rings. The third kappa shape index (κ3) is 3.80. The van der Waals surface area contributed by atoms with Crippen molar-refractivity contribution in [2.24, 2.45) is 0 Å². The van der Waals surface area contributed by atoms with Crippen molar-refractivity contribution in [1.82, 2.24) is 9.78 Å². The van der Waals surface area contributed by atoms with Crippen LogP contribution in [0.2, 0.25) is 0 Å². The zero-order valence-corrected chi connectivity index (χ0v) is 13.6. The Labute approximate surface area is 146 Å². The fraction of sp³-hybridized carbons (Fsp3) is 0.167. The first kappa shape index (κ1) is 17.4. The molecule has 1 heterocycles. The molecule has 0 saturated heterocycles. The average molecular weight is 358 g/mol. The highest BCUT2D eigenvalue weighted by Crippen LogP contribution is 2.14. The highest BCUT2D eigenvalue weighted by Gasteiger charge is 2.11. The van der Waals surface area contributed by atoms with Gasteiger partial charge in [0.05, 0.1) is 10.8 Å². The van der Waals surface area contributed by atoms with Crippen molar-refractivity contribution < 1.29 is 18.7 Å². The third-order valence-corrected chi connectivity index (χ3v) is 3.61. The quantitative estimate of drug-likeness (QED) is 0.532. The van der Waals surface area contributed by atoms with Gasteiger partial charge in [0.25, 0.3) is 11.1 Å². The van der Waals surface area contributed by atoms with Crippen LogP contribution in [0.5, 0.6) is 5.75 Å². The van der Waals surface area contributed by atoms with Gasteiger partial charge in [0, 0.05) is 0 Å². The molecule has 0 amide bonds. The first-order chi connectivity index (χ1) is 12.6. The normalized spacial score (nSPS) is 10.7. The molecule has 134 valence electrons. The van der Waals surface area contributed by atoms with Gasteiger partial charge in [-0.15, -0.1) is 0 Å². The molecule has 0 atom stereocenters. The summed E-state index contributed by atoms with van der Waals surface area (Å²) in [5, 5.41) is 2.81. The molecule has 1 aromatic heterocycles. The monoisotopic (exact) mass is 358 g/mol. The molecule has 0 spiro atoms. The molecule has 3 rings (SSSR count). The Morgan fingerprint density at radius 2 is 1.69 bits per heavy atom. The molecular formula is C18H15FN2O5. The number of aromatic amines is 1. The number of fused-ring (bicyclic) bond motifs is 1. The molecule has 2 aromatic carbocycles. The average Bonchev–Trinajstić information content (AvgIpc) is 2.64. The molecule has 1 N–H and O–H groups in total. The maximum atomic E-state index is 13.4. The highest BCUT2D eigenvalue weighted by molar-refractivity contribution is 5.80. The van der Waals surface area contributed by atoms with Gasteiger partial charge in [-0.3, -0.25) is 19.5 Å². The summed E-state index contributed by atoms with van der Waals surface area (Å²) < 4.78 is 24.4. The zero-order chi connectivity index (χ0) is 18.5. The lowest BCUT2D eigenvalue weighted by molar-refractivity contribution is -0.145. The SMILES string of the molecule is O=C(Cn1[nH]c(=O)c2ccccc2c1=O)OCCOc1ccccc1F. The van der Waals surface area contributed by atoms with E-state index in [4.69, 9.17) is 9.47 Å². The summed E-state index contributed by atoms with van der Waals surface area (Å²) >= 11 is 0. The van der Waals surface area contributed by atoms with Crippen LogP contribution in [0.1, 0.15) is 0 Å². The van der Waals surface area contributed by atoms with E-state index in [-0.39, 0.29) is 29.7 Å². The number of hydrogen-bond acceptors (Lipinski definition) is 5. The Hall–Kier alpha value is -3.42. The molecule has 7 nitrogen and oxygen atoms in total. The summed E-state index contributed by atoms with van der Waals surface area (Å²) in [6, 6.07) is 12.2. The second-order valence-electron chi connectivity index (χ2n) is 5.38. The van der Waals surface area contributed by atoms with Gasteiger partial charge in [0.15, 0.2) is 11.6 Å². The van der Waals surface area contributed by atoms with Crippen molar-refractivity contribution in [3.8, 4) is 5.75 Å². The summed E-state index contributed by atoms with van der Waals surface area (Å²) in [6.45, 7) is -0.617. The van der Waals surface area contributed by atoms with E-state index in [0.717, 1.165) is 4.68 Å². The van der Waals surface area contributed by atoms with E-state index in [9.17, 15) is 18.8 Å². The molecule has 8 heteroatoms. The van der Waals surface area contributed by atoms with Crippen molar-refractivity contribution in [3.05, 3.63) is 75.1 Å². The number of benzene rings is 2. The largest absolute Gasteiger partial charge is 0.487 e. The van der Waals surface area contributed by atoms with Crippen LogP contribution >= 0.6 is 0 Å². The number of carbonyl (C=O) groups is 1. The van der Waals surface area contributed by atoms with Crippen molar-refractivity contribution in [2.75, 3.05) is 13.2 Å². The number of H-pyrrole nitrogens is 1. The Bertz CT molecular complexity index is 1060. The first-order valence-corrected chi connectivity index (χ1v) is 7.81. The summed E-state index contributed by atoms with van der Waals surface area (Å²) in [6.07, 6.45) is 0. The first-order valence-electron chi connectivity index (χ1n) is 7.81. The van der Waals surface area contributed by atoms with Gasteiger partial charge in [0.2, 0.25) is 0 Å². The zero-order valence-electron chi connectivity index (χ0n) is 13.6. The topological polar surface area (TPSA) is 90.4 Å². The molecule has 0 radical (unpaired) electrons. The van der Waals surface area contributed by atoms with Gasteiger partial charge in [0.1, 0.15) is 19.8 Å². The number of ether oxygens (including phenoxy) is 2. The van der Waals surface area contributed by atoms with E-state index in [0.29, 0.717) is 0 Å². The number of para-hydroxylation sites is 1. The van der Waals surface area contributed by atoms with E-state index in [1.54, 1.807) is 18.2 Å². The van der Waals surface area contributed by atoms with Crippen LogP contribution in [-0.4, -0.2) is 29.0 Å². The predicted molar refractivity (Wildman–Crippen MR) is 91.7 cm³/mol. The van der Waals surface area contributed by atoms with Gasteiger partial charge in [-0.25, -0.2) is 9.07 Å². The predicted octanol–water partition coefficient (Wildman–Crippen LogP) is 1.45. The Morgan fingerprint density at radius 3 is 2.46 bits per heavy atom. The second kappa shape index (κ2) is 7.64. The minimum absolute atomic E-state index is 0.0458. The van der Waals surface area contributed by atoms with Gasteiger partial charge >= 0.3 is 5.97 Å². The molecule has 0 aliphatic carbocycles. The summed E-state index contributed by atoms with van der Waals surface area (Å²) in [4.78, 5) is 36.1. The number of esters is 1. The van der Waals surface area contributed by atoms with Crippen LogP contribution in [0.15, 0.2) is 58.1 Å². The third-order valence-electron chi connectivity index (χ3n) is 3.61. The second-order valence-corrected chi connectivity index (χ2v) is 5.38. The number of carbonyl (C=O) groups excluding carboxylic acids is 1. The molecule has 26 heavy (non-hydrogen) atoms. The maximum Gasteiger partial charge on any atom is 0.327 e. The standard InChI is InChI=1S/C18H15FN2O5/c19-14-7-3-4-8-15(14)25-9-10-26-16(22)11-21-18(24)13-6-2-1-5-12(13)17(23)20-21/h1-8H,9-11H2,(H,20,23). The van der Waals surface area contributed by atoms with E-state index in [1.165, 1.54) is 30.3 Å². The highest BCUT2D eigenvalue weighted by atomic mass is 19.1. The van der Waals surface area contributed by atoms with Crippen LogP contribution in [0, 0.1) is 5.82 Å². The van der Waals surface area contributed by atoms with Crippen molar-refractivity contribution in [3.63, 3.8) is 0 Å². The molecule has 0 saturated carbocycles. The minimum Gasteiger partial charge on any atom is -0.487 e. The number of rotatable bonds is 6. The molecule has 0 unspecified atom stereocenters.